The quantitative estimate of drug-likeness (QED) is 0.510. The standard InChI is InChI=1S/C20H21F3N4O2S/c1-12-15-17(24-7-4-8-29-2)26-11-27-19(15)30-16(12)18(28)25-10-13-5-3-6-14(9-13)20(21,22)23/h3,5-6,9,11H,4,7-8,10H2,1-2H3,(H,25,28)(H,24,26,27). The molecule has 2 N–H and O–H groups in total. The van der Waals surface area contributed by atoms with E-state index in [1.807, 2.05) is 6.92 Å². The molecule has 2 aromatic heterocycles. The average molecular weight is 438 g/mol. The summed E-state index contributed by atoms with van der Waals surface area (Å²) in [7, 11) is 1.64. The molecule has 0 radical (unpaired) electrons. The van der Waals surface area contributed by atoms with Gasteiger partial charge in [0.2, 0.25) is 0 Å². The largest absolute Gasteiger partial charge is 0.416 e. The molecule has 0 atom stereocenters. The van der Waals surface area contributed by atoms with Gasteiger partial charge in [-0.1, -0.05) is 12.1 Å². The highest BCUT2D eigenvalue weighted by atomic mass is 32.1. The molecule has 0 saturated carbocycles. The van der Waals surface area contributed by atoms with Crippen molar-refractivity contribution in [3.8, 4) is 0 Å². The number of benzene rings is 1. The summed E-state index contributed by atoms with van der Waals surface area (Å²) >= 11 is 1.22. The number of carbonyl (C=O) groups excluding carboxylic acids is 1. The minimum Gasteiger partial charge on any atom is -0.385 e. The zero-order chi connectivity index (χ0) is 21.7. The van der Waals surface area contributed by atoms with Crippen LogP contribution in [-0.4, -0.2) is 36.1 Å². The van der Waals surface area contributed by atoms with Crippen LogP contribution in [0, 0.1) is 6.92 Å². The molecule has 3 aromatic rings. The smallest absolute Gasteiger partial charge is 0.385 e. The lowest BCUT2D eigenvalue weighted by molar-refractivity contribution is -0.137. The Morgan fingerprint density at radius 1 is 1.27 bits per heavy atom. The van der Waals surface area contributed by atoms with Gasteiger partial charge in [-0.2, -0.15) is 13.2 Å². The molecule has 30 heavy (non-hydrogen) atoms. The lowest BCUT2D eigenvalue weighted by atomic mass is 10.1. The van der Waals surface area contributed by atoms with E-state index >= 15 is 0 Å². The molecule has 160 valence electrons. The van der Waals surface area contributed by atoms with Gasteiger partial charge in [0.05, 0.1) is 15.8 Å². The topological polar surface area (TPSA) is 76.1 Å². The van der Waals surface area contributed by atoms with Gasteiger partial charge >= 0.3 is 6.18 Å². The third-order valence-electron chi connectivity index (χ3n) is 4.46. The van der Waals surface area contributed by atoms with E-state index in [9.17, 15) is 18.0 Å². The first-order chi connectivity index (χ1) is 14.3. The maximum atomic E-state index is 12.9. The van der Waals surface area contributed by atoms with Crippen molar-refractivity contribution in [1.82, 2.24) is 15.3 Å². The van der Waals surface area contributed by atoms with Crippen LogP contribution in [0.2, 0.25) is 0 Å². The highest BCUT2D eigenvalue weighted by Crippen LogP contribution is 2.33. The Labute approximate surface area is 175 Å². The first-order valence-corrected chi connectivity index (χ1v) is 10.0. The second-order valence-electron chi connectivity index (χ2n) is 6.61. The number of nitrogens with zero attached hydrogens (tertiary/aromatic N) is 2. The van der Waals surface area contributed by atoms with Crippen molar-refractivity contribution in [3.63, 3.8) is 0 Å². The van der Waals surface area contributed by atoms with E-state index in [0.29, 0.717) is 34.2 Å². The van der Waals surface area contributed by atoms with Crippen molar-refractivity contribution >= 4 is 33.3 Å². The van der Waals surface area contributed by atoms with Crippen LogP contribution in [0.4, 0.5) is 19.0 Å². The molecule has 0 bridgehead atoms. The second kappa shape index (κ2) is 9.40. The van der Waals surface area contributed by atoms with Gasteiger partial charge in [0.25, 0.3) is 5.91 Å². The molecule has 0 unspecified atom stereocenters. The van der Waals surface area contributed by atoms with Crippen LogP contribution < -0.4 is 10.6 Å². The number of methoxy groups -OCH3 is 1. The third-order valence-corrected chi connectivity index (χ3v) is 5.66. The Morgan fingerprint density at radius 2 is 2.07 bits per heavy atom. The molecule has 0 aliphatic rings. The number of aryl methyl sites for hydroxylation is 1. The molecule has 0 aliphatic heterocycles. The Morgan fingerprint density at radius 3 is 2.80 bits per heavy atom. The summed E-state index contributed by atoms with van der Waals surface area (Å²) in [5.74, 6) is 0.278. The van der Waals surface area contributed by atoms with Crippen LogP contribution in [0.3, 0.4) is 0 Å². The molecule has 2 heterocycles. The summed E-state index contributed by atoms with van der Waals surface area (Å²) in [6.07, 6.45) is -2.19. The number of hydrogen-bond acceptors (Lipinski definition) is 6. The summed E-state index contributed by atoms with van der Waals surface area (Å²) < 4.78 is 43.6. The zero-order valence-electron chi connectivity index (χ0n) is 16.5. The molecule has 6 nitrogen and oxygen atoms in total. The number of amides is 1. The fourth-order valence-corrected chi connectivity index (χ4v) is 4.03. The number of alkyl halides is 3. The number of rotatable bonds is 8. The fraction of sp³-hybridized carbons (Fsp3) is 0.350. The number of hydrogen-bond donors (Lipinski definition) is 2. The van der Waals surface area contributed by atoms with E-state index in [2.05, 4.69) is 20.6 Å². The summed E-state index contributed by atoms with van der Waals surface area (Å²) in [6, 6.07) is 4.90. The predicted octanol–water partition coefficient (Wildman–Crippen LogP) is 4.40. The molecular formula is C20H21F3N4O2S. The number of halogens is 3. The molecule has 0 saturated heterocycles. The van der Waals surface area contributed by atoms with E-state index in [0.717, 1.165) is 29.5 Å². The number of thiophene rings is 1. The number of anilines is 1. The van der Waals surface area contributed by atoms with Gasteiger partial charge in [-0.05, 0) is 36.6 Å². The predicted molar refractivity (Wildman–Crippen MR) is 110 cm³/mol. The van der Waals surface area contributed by atoms with Crippen LogP contribution in [0.25, 0.3) is 10.2 Å². The minimum atomic E-state index is -4.42. The fourth-order valence-electron chi connectivity index (χ4n) is 2.97. The Hall–Kier alpha value is -2.72. The molecule has 3 rings (SSSR count). The highest BCUT2D eigenvalue weighted by Gasteiger charge is 2.30. The second-order valence-corrected chi connectivity index (χ2v) is 7.61. The van der Waals surface area contributed by atoms with Crippen LogP contribution in [0.1, 0.15) is 32.8 Å². The van der Waals surface area contributed by atoms with Crippen LogP contribution in [0.15, 0.2) is 30.6 Å². The lowest BCUT2D eigenvalue weighted by Gasteiger charge is -2.09. The zero-order valence-corrected chi connectivity index (χ0v) is 17.3. The number of fused-ring (bicyclic) bond motifs is 1. The van der Waals surface area contributed by atoms with E-state index in [4.69, 9.17) is 4.74 Å². The Kier molecular flexibility index (Phi) is 6.88. The van der Waals surface area contributed by atoms with E-state index < -0.39 is 11.7 Å². The van der Waals surface area contributed by atoms with Gasteiger partial charge in [0.1, 0.15) is 17.0 Å². The van der Waals surface area contributed by atoms with Crippen molar-refractivity contribution in [2.75, 3.05) is 25.6 Å². The molecule has 0 spiro atoms. The number of aromatic nitrogens is 2. The average Bonchev–Trinajstić information content (AvgIpc) is 3.06. The Bertz CT molecular complexity index is 1040. The van der Waals surface area contributed by atoms with Crippen molar-refractivity contribution in [1.29, 1.82) is 0 Å². The SMILES string of the molecule is COCCCNc1ncnc2sc(C(=O)NCc3cccc(C(F)(F)F)c3)c(C)c12. The van der Waals surface area contributed by atoms with Crippen molar-refractivity contribution in [2.45, 2.75) is 26.1 Å². The van der Waals surface area contributed by atoms with Gasteiger partial charge in [-0.3, -0.25) is 4.79 Å². The van der Waals surface area contributed by atoms with Crippen LogP contribution in [0.5, 0.6) is 0 Å². The summed E-state index contributed by atoms with van der Waals surface area (Å²) in [5.41, 5.74) is 0.357. The van der Waals surface area contributed by atoms with Crippen molar-refractivity contribution in [2.24, 2.45) is 0 Å². The van der Waals surface area contributed by atoms with Crippen LogP contribution >= 0.6 is 11.3 Å². The number of ether oxygens (including phenoxy) is 1. The summed E-state index contributed by atoms with van der Waals surface area (Å²) in [5, 5.41) is 6.69. The van der Waals surface area contributed by atoms with Crippen LogP contribution in [-0.2, 0) is 17.5 Å². The minimum absolute atomic E-state index is 0.00968. The first-order valence-electron chi connectivity index (χ1n) is 9.22. The molecule has 1 amide bonds. The third kappa shape index (κ3) is 5.06. The summed E-state index contributed by atoms with van der Waals surface area (Å²) in [6.45, 7) is 3.07. The van der Waals surface area contributed by atoms with Gasteiger partial charge in [-0.25, -0.2) is 9.97 Å². The lowest BCUT2D eigenvalue weighted by Crippen LogP contribution is -2.22. The highest BCUT2D eigenvalue weighted by molar-refractivity contribution is 7.20. The molecular weight excluding hydrogens is 417 g/mol. The normalized spacial score (nSPS) is 11.6. The van der Waals surface area contributed by atoms with Gasteiger partial charge < -0.3 is 15.4 Å². The van der Waals surface area contributed by atoms with E-state index in [-0.39, 0.29) is 12.5 Å². The maximum Gasteiger partial charge on any atom is 0.416 e. The molecule has 0 aliphatic carbocycles. The molecule has 0 fully saturated rings. The van der Waals surface area contributed by atoms with Gasteiger partial charge in [0.15, 0.2) is 0 Å². The number of carbonyl (C=O) groups is 1. The number of nitrogens with one attached hydrogen (secondary N) is 2. The molecule has 10 heteroatoms. The van der Waals surface area contributed by atoms with Crippen molar-refractivity contribution < 1.29 is 22.7 Å². The maximum absolute atomic E-state index is 12.9. The van der Waals surface area contributed by atoms with Crippen molar-refractivity contribution in [3.05, 3.63) is 52.2 Å². The summed E-state index contributed by atoms with van der Waals surface area (Å²) in [4.78, 5) is 22.3. The van der Waals surface area contributed by atoms with E-state index in [1.54, 1.807) is 13.2 Å². The van der Waals surface area contributed by atoms with Gasteiger partial charge in [0, 0.05) is 26.8 Å². The molecule has 1 aromatic carbocycles. The monoisotopic (exact) mass is 438 g/mol. The first kappa shape index (κ1) is 22.0. The van der Waals surface area contributed by atoms with Gasteiger partial charge in [-0.15, -0.1) is 11.3 Å². The van der Waals surface area contributed by atoms with E-state index in [1.165, 1.54) is 23.7 Å². The Balaban J connectivity index is 1.75.